The van der Waals surface area contributed by atoms with E-state index in [1.54, 1.807) is 12.1 Å². The summed E-state index contributed by atoms with van der Waals surface area (Å²) in [5, 5.41) is 0. The summed E-state index contributed by atoms with van der Waals surface area (Å²) in [4.78, 5) is 39.8. The lowest BCUT2D eigenvalue weighted by Gasteiger charge is -2.13. The number of carbonyl (C=O) groups excluding carboxylic acids is 2. The second-order valence-electron chi connectivity index (χ2n) is 15.9. The topological polar surface area (TPSA) is 128 Å². The van der Waals surface area contributed by atoms with Crippen LogP contribution in [-0.4, -0.2) is 45.1 Å². The number of H-pyrrole nitrogens is 2. The van der Waals surface area contributed by atoms with E-state index in [4.69, 9.17) is 28.9 Å². The van der Waals surface area contributed by atoms with E-state index in [-0.39, 0.29) is 78.6 Å². The highest BCUT2D eigenvalue weighted by Gasteiger charge is 2.32. The fourth-order valence-corrected chi connectivity index (χ4v) is 8.30. The van der Waals surface area contributed by atoms with E-state index in [0.717, 1.165) is 12.2 Å². The number of fused-ring (bicyclic) bond motifs is 8. The van der Waals surface area contributed by atoms with Gasteiger partial charge in [-0.05, 0) is 84.0 Å². The molecule has 9 rings (SSSR count). The van der Waals surface area contributed by atoms with Crippen LogP contribution < -0.4 is 18.9 Å². The number of hydrogen-bond acceptors (Lipinski definition) is 8. The number of ether oxygens (including phenoxy) is 4. The van der Waals surface area contributed by atoms with Crippen molar-refractivity contribution >= 4 is 58.3 Å². The third-order valence-electron chi connectivity index (χ3n) is 11.2. The lowest BCUT2D eigenvalue weighted by Crippen LogP contribution is -2.07. The molecular weight excluding hydrogens is 953 g/mol. The first-order valence-electron chi connectivity index (χ1n) is 21.5. The van der Waals surface area contributed by atoms with E-state index in [2.05, 4.69) is 23.1 Å². The number of aromatic amines is 2. The molecule has 0 aliphatic carbocycles. The molecule has 2 aliphatic rings. The Hall–Kier alpha value is -9.06. The van der Waals surface area contributed by atoms with Crippen molar-refractivity contribution in [2.45, 2.75) is 13.8 Å². The number of esters is 2. The van der Waals surface area contributed by atoms with Gasteiger partial charge in [-0.1, -0.05) is 49.6 Å². The van der Waals surface area contributed by atoms with Crippen LogP contribution in [0.25, 0.3) is 90.9 Å². The number of aromatic nitrogens is 4. The molecule has 10 nitrogen and oxygen atoms in total. The van der Waals surface area contributed by atoms with E-state index in [9.17, 15) is 9.59 Å². The Labute approximate surface area is 402 Å². The van der Waals surface area contributed by atoms with E-state index >= 15 is 35.1 Å². The van der Waals surface area contributed by atoms with Crippen molar-refractivity contribution in [1.29, 1.82) is 0 Å². The van der Waals surface area contributed by atoms with Crippen molar-refractivity contribution in [2.24, 2.45) is 0 Å². The largest absolute Gasteiger partial charge is 0.483 e. The van der Waals surface area contributed by atoms with Crippen LogP contribution in [0.3, 0.4) is 0 Å². The molecule has 2 N–H and O–H groups in total. The van der Waals surface area contributed by atoms with Crippen LogP contribution in [0.5, 0.6) is 23.0 Å². The van der Waals surface area contributed by atoms with Gasteiger partial charge in [0.1, 0.15) is 24.7 Å². The summed E-state index contributed by atoms with van der Waals surface area (Å²) in [7, 11) is 0. The van der Waals surface area contributed by atoms with Crippen LogP contribution in [0.4, 0.5) is 35.1 Å². The molecule has 0 atom stereocenters. The molecule has 8 bridgehead atoms. The predicted octanol–water partition coefficient (Wildman–Crippen LogP) is 13.4. The SMILES string of the molecule is C=CCOc1c(F)c(F)c(-c2c3nc(c(-c4cccc(OC(C)=O)c4)c4ccc([nH]4)c(-c4c(F)c(F)c(OCC=C)c(F)c4F)c4nc(c(-c5cccc(OC(C)=O)c5)c5ccc2[nH]5)C=C4)C=C3)c(F)c1F. The van der Waals surface area contributed by atoms with Gasteiger partial charge < -0.3 is 28.9 Å². The molecule has 18 heteroatoms. The molecule has 3 aromatic heterocycles. The lowest BCUT2D eigenvalue weighted by atomic mass is 10.0. The van der Waals surface area contributed by atoms with Gasteiger partial charge in [0, 0.05) is 58.2 Å². The van der Waals surface area contributed by atoms with Crippen molar-refractivity contribution in [1.82, 2.24) is 19.9 Å². The van der Waals surface area contributed by atoms with Gasteiger partial charge in [0.2, 0.25) is 23.3 Å². The average Bonchev–Trinajstić information content (AvgIpc) is 4.21. The summed E-state index contributed by atoms with van der Waals surface area (Å²) in [6.07, 6.45) is 7.64. The molecule has 0 fully saturated rings. The van der Waals surface area contributed by atoms with Crippen LogP contribution in [-0.2, 0) is 9.59 Å². The summed E-state index contributed by atoms with van der Waals surface area (Å²) < 4.78 is 151. The van der Waals surface area contributed by atoms with Crippen molar-refractivity contribution in [3.63, 3.8) is 0 Å². The normalized spacial score (nSPS) is 11.7. The predicted molar refractivity (Wildman–Crippen MR) is 254 cm³/mol. The van der Waals surface area contributed by atoms with Gasteiger partial charge in [-0.3, -0.25) is 9.59 Å². The third-order valence-corrected chi connectivity index (χ3v) is 11.2. The smallest absolute Gasteiger partial charge is 0.308 e. The molecule has 0 unspecified atom stereocenters. The maximum Gasteiger partial charge on any atom is 0.308 e. The molecule has 362 valence electrons. The van der Waals surface area contributed by atoms with Crippen molar-refractivity contribution in [3.05, 3.63) is 167 Å². The molecule has 4 aromatic carbocycles. The highest BCUT2D eigenvalue weighted by molar-refractivity contribution is 6.00. The summed E-state index contributed by atoms with van der Waals surface area (Å²) in [5.74, 6) is -18.8. The number of nitrogens with one attached hydrogen (secondary N) is 2. The Kier molecular flexibility index (Phi) is 12.9. The molecule has 5 heterocycles. The molecule has 2 aliphatic heterocycles. The van der Waals surface area contributed by atoms with Gasteiger partial charge in [-0.15, -0.1) is 0 Å². The third kappa shape index (κ3) is 8.67. The molecule has 0 radical (unpaired) electrons. The summed E-state index contributed by atoms with van der Waals surface area (Å²) in [5.41, 5.74) is -3.20. The first-order valence-corrected chi connectivity index (χ1v) is 21.5. The quantitative estimate of drug-likeness (QED) is 0.0407. The van der Waals surface area contributed by atoms with Crippen molar-refractivity contribution < 1.29 is 63.7 Å². The highest BCUT2D eigenvalue weighted by Crippen LogP contribution is 2.44. The number of halogens is 8. The summed E-state index contributed by atoms with van der Waals surface area (Å²) in [6.45, 7) is 8.15. The lowest BCUT2D eigenvalue weighted by molar-refractivity contribution is -0.132. The molecule has 0 saturated carbocycles. The van der Waals surface area contributed by atoms with Crippen LogP contribution >= 0.6 is 0 Å². The zero-order valence-electron chi connectivity index (χ0n) is 37.6. The van der Waals surface area contributed by atoms with Crippen molar-refractivity contribution in [3.8, 4) is 67.5 Å². The molecular formula is C54H34F8N4O6. The fraction of sp³-hybridized carbons (Fsp3) is 0.0741. The Bertz CT molecular complexity index is 3410. The van der Waals surface area contributed by atoms with Crippen molar-refractivity contribution in [2.75, 3.05) is 13.2 Å². The number of benzene rings is 4. The number of nitrogens with zero attached hydrogens (tertiary/aromatic N) is 2. The minimum Gasteiger partial charge on any atom is -0.483 e. The molecule has 0 amide bonds. The maximum absolute atomic E-state index is 16.6. The van der Waals surface area contributed by atoms with Crippen LogP contribution in [0.2, 0.25) is 0 Å². The van der Waals surface area contributed by atoms with Gasteiger partial charge in [-0.25, -0.2) is 27.5 Å². The summed E-state index contributed by atoms with van der Waals surface area (Å²) >= 11 is 0. The Balaban J connectivity index is 1.49. The summed E-state index contributed by atoms with van der Waals surface area (Å²) in [6, 6.07) is 17.5. The van der Waals surface area contributed by atoms with E-state index in [0.29, 0.717) is 0 Å². The fourth-order valence-electron chi connectivity index (χ4n) is 8.30. The van der Waals surface area contributed by atoms with Gasteiger partial charge in [0.05, 0.1) is 33.9 Å². The second-order valence-corrected chi connectivity index (χ2v) is 15.9. The highest BCUT2D eigenvalue weighted by atomic mass is 19.2. The number of rotatable bonds is 12. The van der Waals surface area contributed by atoms with Gasteiger partial charge in [0.15, 0.2) is 34.8 Å². The van der Waals surface area contributed by atoms with E-state index < -0.39 is 105 Å². The van der Waals surface area contributed by atoms with Crippen LogP contribution in [0, 0.1) is 46.5 Å². The van der Waals surface area contributed by atoms with Crippen LogP contribution in [0.15, 0.2) is 98.1 Å². The first kappa shape index (κ1) is 48.0. The molecule has 0 spiro atoms. The monoisotopic (exact) mass is 986 g/mol. The van der Waals surface area contributed by atoms with Crippen LogP contribution in [0.1, 0.15) is 36.6 Å². The molecule has 72 heavy (non-hydrogen) atoms. The zero-order chi connectivity index (χ0) is 51.1. The van der Waals surface area contributed by atoms with Gasteiger partial charge in [-0.2, -0.15) is 17.6 Å². The van der Waals surface area contributed by atoms with Gasteiger partial charge in [0.25, 0.3) is 0 Å². The second kappa shape index (κ2) is 19.4. The molecule has 7 aromatic rings. The molecule has 0 saturated heterocycles. The van der Waals surface area contributed by atoms with E-state index in [1.165, 1.54) is 98.8 Å². The zero-order valence-corrected chi connectivity index (χ0v) is 37.6. The first-order chi connectivity index (χ1) is 34.6. The minimum atomic E-state index is -1.86. The Morgan fingerprint density at radius 1 is 0.472 bits per heavy atom. The number of hydrogen-bond donors (Lipinski definition) is 2. The average molecular weight is 987 g/mol. The van der Waals surface area contributed by atoms with Gasteiger partial charge >= 0.3 is 11.9 Å². The standard InChI is InChI=1S/C54H34F8N4O6/c1-5-21-69-53-49(59)45(55)43(46(56)50(53)60)41-35-17-13-31(63-35)39(27-9-7-11-29(23-27)71-25(3)67)33-15-19-37(65-33)42(44-47(57)51(61)54(70-22-6-2)52(62)48(44)58)38-20-16-34(66-38)40(32-14-18-36(41)64-32)28-10-8-12-30(24-28)72-26(4)68/h5-20,23-24,63,66H,1-2,21-22H2,3-4H3. The minimum absolute atomic E-state index is 0.00502. The number of carbonyl (C=O) groups is 2. The van der Waals surface area contributed by atoms with E-state index in [1.807, 2.05) is 0 Å². The maximum atomic E-state index is 16.6. The Morgan fingerprint density at radius 2 is 0.792 bits per heavy atom. The Morgan fingerprint density at radius 3 is 1.11 bits per heavy atom.